The number of hydrogen-bond acceptors (Lipinski definition) is 2. The zero-order valence-corrected chi connectivity index (χ0v) is 14.2. The lowest BCUT2D eigenvalue weighted by Gasteiger charge is -2.37. The number of nitrogens with one attached hydrogen (secondary N) is 1. The molecule has 2 nitrogen and oxygen atoms in total. The van der Waals surface area contributed by atoms with Crippen molar-refractivity contribution in [3.8, 4) is 0 Å². The molecule has 1 saturated carbocycles. The summed E-state index contributed by atoms with van der Waals surface area (Å²) >= 11 is 0. The Bertz CT molecular complexity index is 408. The van der Waals surface area contributed by atoms with E-state index in [1.165, 1.54) is 43.4 Å². The van der Waals surface area contributed by atoms with Gasteiger partial charge in [0.25, 0.3) is 0 Å². The maximum Gasteiger partial charge on any atom is 0.0475 e. The van der Waals surface area contributed by atoms with Crippen molar-refractivity contribution < 1.29 is 0 Å². The molecule has 1 fully saturated rings. The topological polar surface area (TPSA) is 15.3 Å². The minimum atomic E-state index is 0.427. The first-order chi connectivity index (χ1) is 10.1. The van der Waals surface area contributed by atoms with Crippen molar-refractivity contribution in [2.45, 2.75) is 58.5 Å². The Morgan fingerprint density at radius 3 is 2.43 bits per heavy atom. The van der Waals surface area contributed by atoms with Crippen LogP contribution >= 0.6 is 0 Å². The van der Waals surface area contributed by atoms with Gasteiger partial charge in [-0.25, -0.2) is 0 Å². The molecule has 1 aromatic carbocycles. The minimum Gasteiger partial charge on any atom is -0.309 e. The third-order valence-electron chi connectivity index (χ3n) is 5.00. The highest BCUT2D eigenvalue weighted by Crippen LogP contribution is 2.29. The molecule has 1 aliphatic rings. The van der Waals surface area contributed by atoms with E-state index < -0.39 is 0 Å². The first-order valence-corrected chi connectivity index (χ1v) is 8.62. The zero-order valence-electron chi connectivity index (χ0n) is 14.2. The molecule has 0 bridgehead atoms. The molecule has 0 heterocycles. The van der Waals surface area contributed by atoms with Crippen LogP contribution in [-0.4, -0.2) is 31.1 Å². The standard InChI is InChI=1S/C19H32N2/c1-5-13-20-19(18-11-9-15(2)10-12-18)16(3)21(4)14-17-7-6-8-17/h9-12,16-17,19-20H,5-8,13-14H2,1-4H3. The maximum atomic E-state index is 3.75. The van der Waals surface area contributed by atoms with Crippen molar-refractivity contribution in [2.75, 3.05) is 20.1 Å². The molecule has 1 aliphatic carbocycles. The van der Waals surface area contributed by atoms with Crippen molar-refractivity contribution >= 4 is 0 Å². The highest BCUT2D eigenvalue weighted by Gasteiger charge is 2.26. The maximum absolute atomic E-state index is 3.75. The predicted molar refractivity (Wildman–Crippen MR) is 91.6 cm³/mol. The van der Waals surface area contributed by atoms with E-state index in [2.05, 4.69) is 62.3 Å². The van der Waals surface area contributed by atoms with Crippen LogP contribution < -0.4 is 5.32 Å². The van der Waals surface area contributed by atoms with Crippen LogP contribution in [-0.2, 0) is 0 Å². The Kier molecular flexibility index (Phi) is 6.25. The number of aryl methyl sites for hydroxylation is 1. The zero-order chi connectivity index (χ0) is 15.2. The average molecular weight is 288 g/mol. The molecule has 1 aromatic rings. The van der Waals surface area contributed by atoms with Gasteiger partial charge in [0.2, 0.25) is 0 Å². The normalized spacial score (nSPS) is 18.5. The van der Waals surface area contributed by atoms with Crippen molar-refractivity contribution in [3.63, 3.8) is 0 Å². The minimum absolute atomic E-state index is 0.427. The quantitative estimate of drug-likeness (QED) is 0.773. The average Bonchev–Trinajstić information content (AvgIpc) is 2.44. The highest BCUT2D eigenvalue weighted by molar-refractivity contribution is 5.25. The Balaban J connectivity index is 2.04. The van der Waals surface area contributed by atoms with E-state index in [0.717, 1.165) is 12.5 Å². The molecule has 0 amide bonds. The molecule has 0 aromatic heterocycles. The Morgan fingerprint density at radius 1 is 1.24 bits per heavy atom. The van der Waals surface area contributed by atoms with Crippen LogP contribution in [0.5, 0.6) is 0 Å². The van der Waals surface area contributed by atoms with Crippen molar-refractivity contribution in [3.05, 3.63) is 35.4 Å². The first kappa shape index (κ1) is 16.5. The molecule has 21 heavy (non-hydrogen) atoms. The van der Waals surface area contributed by atoms with Gasteiger partial charge in [-0.15, -0.1) is 0 Å². The Hall–Kier alpha value is -0.860. The molecule has 2 unspecified atom stereocenters. The second kappa shape index (κ2) is 7.95. The van der Waals surface area contributed by atoms with E-state index in [9.17, 15) is 0 Å². The van der Waals surface area contributed by atoms with E-state index in [4.69, 9.17) is 0 Å². The number of likely N-dealkylation sites (N-methyl/N-ethyl adjacent to an activating group) is 1. The first-order valence-electron chi connectivity index (χ1n) is 8.62. The SMILES string of the molecule is CCCNC(c1ccc(C)cc1)C(C)N(C)CC1CCC1. The van der Waals surface area contributed by atoms with Gasteiger partial charge in [0.15, 0.2) is 0 Å². The van der Waals surface area contributed by atoms with E-state index >= 15 is 0 Å². The van der Waals surface area contributed by atoms with Crippen LogP contribution in [0, 0.1) is 12.8 Å². The summed E-state index contributed by atoms with van der Waals surface area (Å²) in [5, 5.41) is 3.75. The summed E-state index contributed by atoms with van der Waals surface area (Å²) in [6, 6.07) is 9.99. The summed E-state index contributed by atoms with van der Waals surface area (Å²) in [6.07, 6.45) is 5.47. The molecule has 1 N–H and O–H groups in total. The molecule has 0 saturated heterocycles. The summed E-state index contributed by atoms with van der Waals surface area (Å²) in [5.41, 5.74) is 2.76. The second-order valence-corrected chi connectivity index (χ2v) is 6.82. The molecule has 2 rings (SSSR count). The van der Waals surface area contributed by atoms with Gasteiger partial charge in [-0.3, -0.25) is 0 Å². The summed E-state index contributed by atoms with van der Waals surface area (Å²) < 4.78 is 0. The summed E-state index contributed by atoms with van der Waals surface area (Å²) in [6.45, 7) is 9.09. The molecule has 0 spiro atoms. The third kappa shape index (κ3) is 4.55. The van der Waals surface area contributed by atoms with Gasteiger partial charge in [-0.2, -0.15) is 0 Å². The molecule has 0 aliphatic heterocycles. The van der Waals surface area contributed by atoms with E-state index in [0.29, 0.717) is 12.1 Å². The molecule has 2 atom stereocenters. The summed E-state index contributed by atoms with van der Waals surface area (Å²) in [5.74, 6) is 0.933. The lowest BCUT2D eigenvalue weighted by Crippen LogP contribution is -2.44. The fraction of sp³-hybridized carbons (Fsp3) is 0.684. The number of nitrogens with zero attached hydrogens (tertiary/aromatic N) is 1. The van der Waals surface area contributed by atoms with Crippen LogP contribution in [0.3, 0.4) is 0 Å². The van der Waals surface area contributed by atoms with Gasteiger partial charge in [-0.1, -0.05) is 43.2 Å². The molecular formula is C19H32N2. The van der Waals surface area contributed by atoms with Gasteiger partial charge in [0.1, 0.15) is 0 Å². The van der Waals surface area contributed by atoms with E-state index in [-0.39, 0.29) is 0 Å². The fourth-order valence-corrected chi connectivity index (χ4v) is 3.14. The predicted octanol–water partition coefficient (Wildman–Crippen LogP) is 4.16. The lowest BCUT2D eigenvalue weighted by molar-refractivity contribution is 0.144. The molecule has 0 radical (unpaired) electrons. The van der Waals surface area contributed by atoms with Crippen molar-refractivity contribution in [1.82, 2.24) is 10.2 Å². The fourth-order valence-electron chi connectivity index (χ4n) is 3.14. The second-order valence-electron chi connectivity index (χ2n) is 6.82. The summed E-state index contributed by atoms with van der Waals surface area (Å²) in [4.78, 5) is 2.55. The van der Waals surface area contributed by atoms with Gasteiger partial charge in [0.05, 0.1) is 0 Å². The third-order valence-corrected chi connectivity index (χ3v) is 5.00. The van der Waals surface area contributed by atoms with Crippen LogP contribution in [0.1, 0.15) is 56.7 Å². The Labute approximate surface area is 130 Å². The van der Waals surface area contributed by atoms with Crippen LogP contribution in [0.4, 0.5) is 0 Å². The largest absolute Gasteiger partial charge is 0.309 e. The summed E-state index contributed by atoms with van der Waals surface area (Å²) in [7, 11) is 2.29. The van der Waals surface area contributed by atoms with Gasteiger partial charge in [-0.05, 0) is 58.2 Å². The molecule has 2 heteroatoms. The van der Waals surface area contributed by atoms with Crippen LogP contribution in [0.15, 0.2) is 24.3 Å². The number of hydrogen-bond donors (Lipinski definition) is 1. The van der Waals surface area contributed by atoms with Crippen LogP contribution in [0.2, 0.25) is 0 Å². The van der Waals surface area contributed by atoms with Crippen molar-refractivity contribution in [1.29, 1.82) is 0 Å². The van der Waals surface area contributed by atoms with Crippen LogP contribution in [0.25, 0.3) is 0 Å². The monoisotopic (exact) mass is 288 g/mol. The van der Waals surface area contributed by atoms with Crippen molar-refractivity contribution in [2.24, 2.45) is 5.92 Å². The van der Waals surface area contributed by atoms with Gasteiger partial charge in [0, 0.05) is 18.6 Å². The lowest BCUT2D eigenvalue weighted by atomic mass is 9.84. The number of benzene rings is 1. The molecular weight excluding hydrogens is 256 g/mol. The number of rotatable bonds is 8. The smallest absolute Gasteiger partial charge is 0.0475 e. The molecule has 118 valence electrons. The Morgan fingerprint density at radius 2 is 1.90 bits per heavy atom. The van der Waals surface area contributed by atoms with Gasteiger partial charge < -0.3 is 10.2 Å². The van der Waals surface area contributed by atoms with Gasteiger partial charge >= 0.3 is 0 Å². The van der Waals surface area contributed by atoms with E-state index in [1.54, 1.807) is 0 Å². The highest BCUT2D eigenvalue weighted by atomic mass is 15.2. The van der Waals surface area contributed by atoms with E-state index in [1.807, 2.05) is 0 Å².